The zero-order valence-electron chi connectivity index (χ0n) is 14.4. The molecule has 1 aliphatic rings. The third kappa shape index (κ3) is 3.82. The van der Waals surface area contributed by atoms with Crippen LogP contribution in [0.25, 0.3) is 0 Å². The monoisotopic (exact) mass is 339 g/mol. The summed E-state index contributed by atoms with van der Waals surface area (Å²) in [7, 11) is 1.60. The van der Waals surface area contributed by atoms with Crippen LogP contribution in [-0.2, 0) is 22.4 Å². The van der Waals surface area contributed by atoms with Crippen molar-refractivity contribution in [2.24, 2.45) is 0 Å². The Morgan fingerprint density at radius 1 is 1.20 bits per heavy atom. The van der Waals surface area contributed by atoms with Gasteiger partial charge in [0.05, 0.1) is 19.6 Å². The number of nitrogens with zero attached hydrogens (tertiary/aromatic N) is 1. The standard InChI is InChI=1S/C20H21NO4/c1-14-8-9-16(11-18(14)24-2)12-19(22)21-17(13-25-20(21)23)10-15-6-4-3-5-7-15/h3-9,11,17H,10,12-13H2,1-2H3. The predicted octanol–water partition coefficient (Wildman–Crippen LogP) is 3.14. The Morgan fingerprint density at radius 3 is 2.68 bits per heavy atom. The average molecular weight is 339 g/mol. The van der Waals surface area contributed by atoms with E-state index in [-0.39, 0.29) is 25.0 Å². The van der Waals surface area contributed by atoms with E-state index in [2.05, 4.69) is 0 Å². The molecule has 2 aromatic rings. The number of aryl methyl sites for hydroxylation is 1. The molecule has 0 saturated carbocycles. The van der Waals surface area contributed by atoms with Crippen LogP contribution in [0, 0.1) is 6.92 Å². The van der Waals surface area contributed by atoms with Gasteiger partial charge in [-0.05, 0) is 36.1 Å². The van der Waals surface area contributed by atoms with Crippen molar-refractivity contribution in [1.82, 2.24) is 4.90 Å². The summed E-state index contributed by atoms with van der Waals surface area (Å²) in [5.41, 5.74) is 2.88. The summed E-state index contributed by atoms with van der Waals surface area (Å²) in [5, 5.41) is 0. The summed E-state index contributed by atoms with van der Waals surface area (Å²) in [6, 6.07) is 15.1. The van der Waals surface area contributed by atoms with E-state index < -0.39 is 6.09 Å². The molecule has 25 heavy (non-hydrogen) atoms. The van der Waals surface area contributed by atoms with Crippen molar-refractivity contribution in [2.45, 2.75) is 25.8 Å². The van der Waals surface area contributed by atoms with Gasteiger partial charge in [0.1, 0.15) is 12.4 Å². The molecule has 0 aromatic heterocycles. The highest BCUT2D eigenvalue weighted by molar-refractivity contribution is 5.94. The first-order valence-electron chi connectivity index (χ1n) is 8.24. The van der Waals surface area contributed by atoms with Crippen molar-refractivity contribution in [1.29, 1.82) is 0 Å². The van der Waals surface area contributed by atoms with Gasteiger partial charge in [0, 0.05) is 0 Å². The summed E-state index contributed by atoms with van der Waals surface area (Å²) in [5.74, 6) is 0.476. The van der Waals surface area contributed by atoms with E-state index in [1.165, 1.54) is 4.90 Å². The van der Waals surface area contributed by atoms with Crippen LogP contribution < -0.4 is 4.74 Å². The van der Waals surface area contributed by atoms with E-state index in [1.807, 2.05) is 55.5 Å². The molecule has 1 fully saturated rings. The van der Waals surface area contributed by atoms with Crippen molar-refractivity contribution in [3.63, 3.8) is 0 Å². The Morgan fingerprint density at radius 2 is 1.96 bits per heavy atom. The molecule has 5 heteroatoms. The molecule has 0 bridgehead atoms. The molecule has 2 amide bonds. The van der Waals surface area contributed by atoms with E-state index in [0.717, 1.165) is 22.4 Å². The molecule has 2 aromatic carbocycles. The van der Waals surface area contributed by atoms with Gasteiger partial charge < -0.3 is 9.47 Å². The van der Waals surface area contributed by atoms with Crippen molar-refractivity contribution in [2.75, 3.05) is 13.7 Å². The minimum atomic E-state index is -0.565. The number of methoxy groups -OCH3 is 1. The van der Waals surface area contributed by atoms with E-state index in [0.29, 0.717) is 6.42 Å². The van der Waals surface area contributed by atoms with Crippen molar-refractivity contribution >= 4 is 12.0 Å². The highest BCUT2D eigenvalue weighted by Gasteiger charge is 2.37. The maximum atomic E-state index is 12.7. The second kappa shape index (κ2) is 7.38. The second-order valence-electron chi connectivity index (χ2n) is 6.16. The summed E-state index contributed by atoms with van der Waals surface area (Å²) in [4.78, 5) is 26.0. The van der Waals surface area contributed by atoms with Crippen LogP contribution in [0.3, 0.4) is 0 Å². The smallest absolute Gasteiger partial charge is 0.416 e. The van der Waals surface area contributed by atoms with E-state index in [4.69, 9.17) is 9.47 Å². The molecule has 0 N–H and O–H groups in total. The van der Waals surface area contributed by atoms with Gasteiger partial charge >= 0.3 is 6.09 Å². The number of amides is 2. The minimum absolute atomic E-state index is 0.136. The van der Waals surface area contributed by atoms with Crippen LogP contribution in [0.5, 0.6) is 5.75 Å². The molecule has 5 nitrogen and oxygen atoms in total. The second-order valence-corrected chi connectivity index (χ2v) is 6.16. The average Bonchev–Trinajstić information content (AvgIpc) is 2.98. The lowest BCUT2D eigenvalue weighted by Crippen LogP contribution is -2.41. The largest absolute Gasteiger partial charge is 0.496 e. The Kier molecular flexibility index (Phi) is 5.03. The molecule has 1 atom stereocenters. The fourth-order valence-electron chi connectivity index (χ4n) is 3.04. The molecule has 1 saturated heterocycles. The number of hydrogen-bond donors (Lipinski definition) is 0. The SMILES string of the molecule is COc1cc(CC(=O)N2C(=O)OCC2Cc2ccccc2)ccc1C. The van der Waals surface area contributed by atoms with Crippen LogP contribution >= 0.6 is 0 Å². The highest BCUT2D eigenvalue weighted by Crippen LogP contribution is 2.22. The van der Waals surface area contributed by atoms with Gasteiger partial charge in [-0.25, -0.2) is 9.69 Å². The lowest BCUT2D eigenvalue weighted by atomic mass is 10.0. The zero-order chi connectivity index (χ0) is 17.8. The number of carbonyl (C=O) groups is 2. The quantitative estimate of drug-likeness (QED) is 0.840. The molecule has 0 radical (unpaired) electrons. The number of imide groups is 1. The first-order valence-corrected chi connectivity index (χ1v) is 8.24. The molecule has 1 unspecified atom stereocenters. The highest BCUT2D eigenvalue weighted by atomic mass is 16.6. The molecular weight excluding hydrogens is 318 g/mol. The van der Waals surface area contributed by atoms with Gasteiger partial charge in [0.2, 0.25) is 5.91 Å². The number of benzene rings is 2. The first-order chi connectivity index (χ1) is 12.1. The fraction of sp³-hybridized carbons (Fsp3) is 0.300. The normalized spacial score (nSPS) is 16.6. The topological polar surface area (TPSA) is 55.8 Å². The van der Waals surface area contributed by atoms with E-state index in [1.54, 1.807) is 7.11 Å². The minimum Gasteiger partial charge on any atom is -0.496 e. The Balaban J connectivity index is 1.73. The van der Waals surface area contributed by atoms with E-state index >= 15 is 0 Å². The Labute approximate surface area is 147 Å². The first kappa shape index (κ1) is 17.0. The summed E-state index contributed by atoms with van der Waals surface area (Å²) in [6.45, 7) is 2.18. The lowest BCUT2D eigenvalue weighted by Gasteiger charge is -2.20. The van der Waals surface area contributed by atoms with Crippen molar-refractivity contribution < 1.29 is 19.1 Å². The molecule has 0 spiro atoms. The van der Waals surface area contributed by atoms with Crippen LogP contribution in [0.4, 0.5) is 4.79 Å². The van der Waals surface area contributed by atoms with Crippen molar-refractivity contribution in [3.8, 4) is 5.75 Å². The third-order valence-electron chi connectivity index (χ3n) is 4.37. The number of cyclic esters (lactones) is 1. The van der Waals surface area contributed by atoms with Gasteiger partial charge in [0.25, 0.3) is 0 Å². The predicted molar refractivity (Wildman–Crippen MR) is 93.6 cm³/mol. The van der Waals surface area contributed by atoms with Gasteiger partial charge in [-0.3, -0.25) is 4.79 Å². The van der Waals surface area contributed by atoms with Gasteiger partial charge in [-0.15, -0.1) is 0 Å². The van der Waals surface area contributed by atoms with Crippen molar-refractivity contribution in [3.05, 3.63) is 65.2 Å². The zero-order valence-corrected chi connectivity index (χ0v) is 14.4. The van der Waals surface area contributed by atoms with Crippen LogP contribution in [-0.4, -0.2) is 36.7 Å². The molecule has 1 aliphatic heterocycles. The lowest BCUT2D eigenvalue weighted by molar-refractivity contribution is -0.128. The molecule has 130 valence electrons. The van der Waals surface area contributed by atoms with Gasteiger partial charge in [-0.2, -0.15) is 0 Å². The number of ether oxygens (including phenoxy) is 2. The summed E-state index contributed by atoms with van der Waals surface area (Å²) < 4.78 is 10.4. The molecule has 3 rings (SSSR count). The number of carbonyl (C=O) groups excluding carboxylic acids is 2. The van der Waals surface area contributed by atoms with Crippen LogP contribution in [0.1, 0.15) is 16.7 Å². The maximum absolute atomic E-state index is 12.7. The maximum Gasteiger partial charge on any atom is 0.416 e. The number of rotatable bonds is 5. The summed E-state index contributed by atoms with van der Waals surface area (Å²) in [6.07, 6.45) is 0.164. The molecule has 1 heterocycles. The molecule has 0 aliphatic carbocycles. The molecular formula is C20H21NO4. The van der Waals surface area contributed by atoms with Gasteiger partial charge in [0.15, 0.2) is 0 Å². The number of hydrogen-bond acceptors (Lipinski definition) is 4. The van der Waals surface area contributed by atoms with Crippen LogP contribution in [0.15, 0.2) is 48.5 Å². The van der Waals surface area contributed by atoms with Crippen LogP contribution in [0.2, 0.25) is 0 Å². The fourth-order valence-corrected chi connectivity index (χ4v) is 3.04. The van der Waals surface area contributed by atoms with Gasteiger partial charge in [-0.1, -0.05) is 42.5 Å². The Bertz CT molecular complexity index is 773. The summed E-state index contributed by atoms with van der Waals surface area (Å²) >= 11 is 0. The van der Waals surface area contributed by atoms with E-state index in [9.17, 15) is 9.59 Å². The third-order valence-corrected chi connectivity index (χ3v) is 4.37. The Hall–Kier alpha value is -2.82.